The number of amides is 1. The molecular weight excluding hydrogens is 316 g/mol. The number of esters is 1. The summed E-state index contributed by atoms with van der Waals surface area (Å²) in [6.07, 6.45) is 6.88. The van der Waals surface area contributed by atoms with E-state index in [1.54, 1.807) is 0 Å². The summed E-state index contributed by atoms with van der Waals surface area (Å²) in [4.78, 5) is 28.2. The second kappa shape index (κ2) is 6.54. The van der Waals surface area contributed by atoms with Crippen LogP contribution in [0.5, 0.6) is 0 Å². The molecule has 132 valence electrons. The van der Waals surface area contributed by atoms with E-state index in [0.29, 0.717) is 18.3 Å². The van der Waals surface area contributed by atoms with Crippen LogP contribution in [0, 0.1) is 17.8 Å². The summed E-state index contributed by atoms with van der Waals surface area (Å²) in [7, 11) is 1.37. The third-order valence-electron chi connectivity index (χ3n) is 5.98. The summed E-state index contributed by atoms with van der Waals surface area (Å²) in [6, 6.07) is 7.32. The van der Waals surface area contributed by atoms with Gasteiger partial charge in [-0.05, 0) is 42.7 Å². The van der Waals surface area contributed by atoms with Gasteiger partial charge in [-0.3, -0.25) is 4.79 Å². The van der Waals surface area contributed by atoms with Crippen LogP contribution in [-0.2, 0) is 20.7 Å². The maximum Gasteiger partial charge on any atom is 0.328 e. The Balaban J connectivity index is 1.50. The Morgan fingerprint density at radius 3 is 2.84 bits per heavy atom. The molecule has 2 aliphatic carbocycles. The Morgan fingerprint density at radius 2 is 2.12 bits per heavy atom. The van der Waals surface area contributed by atoms with Crippen molar-refractivity contribution in [3.05, 3.63) is 36.0 Å². The highest BCUT2D eigenvalue weighted by molar-refractivity contribution is 5.88. The summed E-state index contributed by atoms with van der Waals surface area (Å²) in [5.41, 5.74) is 2.04. The van der Waals surface area contributed by atoms with Crippen LogP contribution in [0.3, 0.4) is 0 Å². The van der Waals surface area contributed by atoms with Crippen molar-refractivity contribution in [2.75, 3.05) is 7.11 Å². The maximum atomic E-state index is 12.7. The first kappa shape index (κ1) is 16.2. The van der Waals surface area contributed by atoms with E-state index >= 15 is 0 Å². The van der Waals surface area contributed by atoms with Gasteiger partial charge in [0.25, 0.3) is 0 Å². The predicted molar refractivity (Wildman–Crippen MR) is 94.9 cm³/mol. The van der Waals surface area contributed by atoms with Gasteiger partial charge in [0.05, 0.1) is 7.11 Å². The average molecular weight is 340 g/mol. The van der Waals surface area contributed by atoms with Gasteiger partial charge in [0.1, 0.15) is 6.04 Å². The molecule has 1 aromatic heterocycles. The number of para-hydroxylation sites is 1. The topological polar surface area (TPSA) is 71.2 Å². The normalized spacial score (nSPS) is 25.9. The van der Waals surface area contributed by atoms with Crippen molar-refractivity contribution in [1.29, 1.82) is 0 Å². The van der Waals surface area contributed by atoms with Gasteiger partial charge in [-0.25, -0.2) is 4.79 Å². The second-order valence-corrected chi connectivity index (χ2v) is 7.43. The number of aromatic amines is 1. The zero-order valence-electron chi connectivity index (χ0n) is 14.5. The highest BCUT2D eigenvalue weighted by Gasteiger charge is 2.43. The quantitative estimate of drug-likeness (QED) is 0.822. The number of H-pyrrole nitrogens is 1. The number of carbonyl (C=O) groups excluding carboxylic acids is 2. The number of nitrogens with one attached hydrogen (secondary N) is 2. The molecule has 4 rings (SSSR count). The number of hydrogen-bond donors (Lipinski definition) is 2. The highest BCUT2D eigenvalue weighted by Crippen LogP contribution is 2.48. The first-order valence-corrected chi connectivity index (χ1v) is 9.09. The number of benzene rings is 1. The molecule has 0 saturated heterocycles. The molecule has 5 heteroatoms. The Labute approximate surface area is 147 Å². The van der Waals surface area contributed by atoms with Crippen LogP contribution in [0.25, 0.3) is 10.9 Å². The minimum absolute atomic E-state index is 0.0161. The molecule has 0 aliphatic heterocycles. The zero-order chi connectivity index (χ0) is 17.4. The van der Waals surface area contributed by atoms with Crippen molar-refractivity contribution in [2.45, 2.75) is 38.1 Å². The summed E-state index contributed by atoms with van der Waals surface area (Å²) in [5.74, 6) is 0.889. The molecule has 4 atom stereocenters. The van der Waals surface area contributed by atoms with Crippen LogP contribution in [0.15, 0.2) is 30.5 Å². The molecule has 5 nitrogen and oxygen atoms in total. The first-order chi connectivity index (χ1) is 12.2. The number of carbonyl (C=O) groups is 2. The SMILES string of the molecule is COC(=O)C(Cc1c[nH]c2ccccc12)NC(=O)C1CC2CCC1C2. The molecule has 2 bridgehead atoms. The van der Waals surface area contributed by atoms with Gasteiger partial charge in [-0.1, -0.05) is 24.6 Å². The number of methoxy groups -OCH3 is 1. The molecule has 0 spiro atoms. The number of hydrogen-bond acceptors (Lipinski definition) is 3. The van der Waals surface area contributed by atoms with Gasteiger partial charge in [0.2, 0.25) is 5.91 Å². The van der Waals surface area contributed by atoms with Gasteiger partial charge < -0.3 is 15.0 Å². The van der Waals surface area contributed by atoms with E-state index in [-0.39, 0.29) is 17.8 Å². The van der Waals surface area contributed by atoms with Crippen molar-refractivity contribution in [3.8, 4) is 0 Å². The molecule has 1 heterocycles. The van der Waals surface area contributed by atoms with Gasteiger partial charge in [-0.15, -0.1) is 0 Å². The molecule has 25 heavy (non-hydrogen) atoms. The van der Waals surface area contributed by atoms with Gasteiger partial charge >= 0.3 is 5.97 Å². The molecule has 0 radical (unpaired) electrons. The van der Waals surface area contributed by atoms with Crippen LogP contribution in [0.2, 0.25) is 0 Å². The Bertz CT molecular complexity index is 797. The van der Waals surface area contributed by atoms with Crippen molar-refractivity contribution in [1.82, 2.24) is 10.3 Å². The molecule has 2 fully saturated rings. The summed E-state index contributed by atoms with van der Waals surface area (Å²) in [6.45, 7) is 0. The lowest BCUT2D eigenvalue weighted by atomic mass is 9.88. The van der Waals surface area contributed by atoms with Crippen molar-refractivity contribution >= 4 is 22.8 Å². The molecule has 2 aromatic rings. The molecule has 2 aliphatic rings. The molecule has 2 saturated carbocycles. The zero-order valence-corrected chi connectivity index (χ0v) is 14.5. The maximum absolute atomic E-state index is 12.7. The predicted octanol–water partition coefficient (Wildman–Crippen LogP) is 2.80. The lowest BCUT2D eigenvalue weighted by molar-refractivity contribution is -0.145. The lowest BCUT2D eigenvalue weighted by Crippen LogP contribution is -2.46. The number of fused-ring (bicyclic) bond motifs is 3. The summed E-state index contributed by atoms with van der Waals surface area (Å²) >= 11 is 0. The molecule has 2 N–H and O–H groups in total. The molecule has 1 amide bonds. The highest BCUT2D eigenvalue weighted by atomic mass is 16.5. The van der Waals surface area contributed by atoms with E-state index in [2.05, 4.69) is 10.3 Å². The van der Waals surface area contributed by atoms with Crippen LogP contribution in [0.1, 0.15) is 31.2 Å². The van der Waals surface area contributed by atoms with Crippen LogP contribution < -0.4 is 5.32 Å². The van der Waals surface area contributed by atoms with Crippen LogP contribution in [0.4, 0.5) is 0 Å². The minimum atomic E-state index is -0.643. The van der Waals surface area contributed by atoms with Crippen LogP contribution in [-0.4, -0.2) is 30.0 Å². The largest absolute Gasteiger partial charge is 0.467 e. The van der Waals surface area contributed by atoms with E-state index in [0.717, 1.165) is 29.3 Å². The van der Waals surface area contributed by atoms with Crippen molar-refractivity contribution < 1.29 is 14.3 Å². The van der Waals surface area contributed by atoms with Crippen molar-refractivity contribution in [3.63, 3.8) is 0 Å². The smallest absolute Gasteiger partial charge is 0.328 e. The lowest BCUT2D eigenvalue weighted by Gasteiger charge is -2.24. The second-order valence-electron chi connectivity index (χ2n) is 7.43. The number of ether oxygens (including phenoxy) is 1. The van der Waals surface area contributed by atoms with Crippen LogP contribution >= 0.6 is 0 Å². The minimum Gasteiger partial charge on any atom is -0.467 e. The van der Waals surface area contributed by atoms with E-state index in [9.17, 15) is 9.59 Å². The fourth-order valence-electron chi connectivity index (χ4n) is 4.70. The monoisotopic (exact) mass is 340 g/mol. The van der Waals surface area contributed by atoms with E-state index in [1.165, 1.54) is 20.0 Å². The summed E-state index contributed by atoms with van der Waals surface area (Å²) < 4.78 is 4.93. The summed E-state index contributed by atoms with van der Waals surface area (Å²) in [5, 5.41) is 4.04. The van der Waals surface area contributed by atoms with Gasteiger partial charge in [0, 0.05) is 29.4 Å². The Kier molecular flexibility index (Phi) is 4.24. The standard InChI is InChI=1S/C20H24N2O3/c1-25-20(24)18(10-14-11-21-17-5-3-2-4-15(14)17)22-19(23)16-9-12-6-7-13(16)8-12/h2-5,11-13,16,18,21H,6-10H2,1H3,(H,22,23). The number of aromatic nitrogens is 1. The molecular formula is C20H24N2O3. The van der Waals surface area contributed by atoms with Gasteiger partial charge in [-0.2, -0.15) is 0 Å². The first-order valence-electron chi connectivity index (χ1n) is 9.09. The Morgan fingerprint density at radius 1 is 1.28 bits per heavy atom. The van der Waals surface area contributed by atoms with E-state index in [1.807, 2.05) is 30.5 Å². The third-order valence-corrected chi connectivity index (χ3v) is 5.98. The fourth-order valence-corrected chi connectivity index (χ4v) is 4.70. The van der Waals surface area contributed by atoms with E-state index in [4.69, 9.17) is 4.74 Å². The van der Waals surface area contributed by atoms with Crippen molar-refractivity contribution in [2.24, 2.45) is 17.8 Å². The van der Waals surface area contributed by atoms with Gasteiger partial charge in [0.15, 0.2) is 0 Å². The third kappa shape index (κ3) is 3.03. The fraction of sp³-hybridized carbons (Fsp3) is 0.500. The number of rotatable bonds is 5. The van der Waals surface area contributed by atoms with E-state index < -0.39 is 6.04 Å². The average Bonchev–Trinajstić information content (AvgIpc) is 3.36. The molecule has 4 unspecified atom stereocenters. The Hall–Kier alpha value is -2.30. The molecule has 1 aromatic carbocycles.